The summed E-state index contributed by atoms with van der Waals surface area (Å²) in [5.74, 6) is -0.195. The molecule has 0 radical (unpaired) electrons. The highest BCUT2D eigenvalue weighted by atomic mass is 19.4. The Morgan fingerprint density at radius 3 is 2.38 bits per heavy atom. The maximum atomic E-state index is 11.7. The molecule has 0 saturated carbocycles. The van der Waals surface area contributed by atoms with Gasteiger partial charge in [0.25, 0.3) is 0 Å². The molecule has 1 aliphatic rings. The van der Waals surface area contributed by atoms with Gasteiger partial charge in [0.05, 0.1) is 5.70 Å². The van der Waals surface area contributed by atoms with Gasteiger partial charge in [0.15, 0.2) is 0 Å². The molecule has 0 aromatic heterocycles. The van der Waals surface area contributed by atoms with Crippen LogP contribution in [0.15, 0.2) is 28.8 Å². The van der Waals surface area contributed by atoms with E-state index in [9.17, 15) is 18.1 Å². The Bertz CT molecular complexity index is 267. The monoisotopic (exact) mass is 193 g/mol. The van der Waals surface area contributed by atoms with Crippen molar-refractivity contribution in [1.82, 2.24) is 0 Å². The van der Waals surface area contributed by atoms with Crippen molar-refractivity contribution in [3.8, 4) is 0 Å². The number of nitroso groups, excluding NO2 is 1. The summed E-state index contributed by atoms with van der Waals surface area (Å²) >= 11 is 0. The summed E-state index contributed by atoms with van der Waals surface area (Å²) in [6.07, 6.45) is -2.10. The van der Waals surface area contributed by atoms with Crippen LogP contribution in [0.5, 0.6) is 0 Å². The van der Waals surface area contributed by atoms with Crippen LogP contribution in [-0.4, -0.2) is 6.36 Å². The Morgan fingerprint density at radius 1 is 1.31 bits per heavy atom. The minimum absolute atomic E-state index is 0.0527. The molecule has 0 spiro atoms. The molecular formula is C7H6F3NO2. The van der Waals surface area contributed by atoms with Crippen molar-refractivity contribution in [3.05, 3.63) is 28.5 Å². The van der Waals surface area contributed by atoms with Gasteiger partial charge in [-0.15, -0.1) is 18.1 Å². The number of hydrogen-bond donors (Lipinski definition) is 0. The fourth-order valence-corrected chi connectivity index (χ4v) is 0.917. The molecule has 0 saturated heterocycles. The summed E-state index contributed by atoms with van der Waals surface area (Å²) in [4.78, 5) is 9.94. The van der Waals surface area contributed by atoms with Crippen molar-refractivity contribution in [2.75, 3.05) is 0 Å². The molecule has 0 aromatic carbocycles. The molecule has 0 atom stereocenters. The average molecular weight is 193 g/mol. The van der Waals surface area contributed by atoms with Crippen LogP contribution in [-0.2, 0) is 4.74 Å². The molecule has 0 heterocycles. The van der Waals surface area contributed by atoms with Crippen LogP contribution < -0.4 is 0 Å². The molecule has 0 amide bonds. The van der Waals surface area contributed by atoms with Gasteiger partial charge in [-0.05, 0) is 17.3 Å². The zero-order chi connectivity index (χ0) is 9.90. The van der Waals surface area contributed by atoms with Crippen LogP contribution in [0.4, 0.5) is 13.2 Å². The van der Waals surface area contributed by atoms with Crippen LogP contribution in [0.1, 0.15) is 12.8 Å². The van der Waals surface area contributed by atoms with Crippen molar-refractivity contribution in [2.45, 2.75) is 19.2 Å². The summed E-state index contributed by atoms with van der Waals surface area (Å²) in [6.45, 7) is 0. The molecule has 1 aliphatic carbocycles. The molecule has 1 rings (SSSR count). The lowest BCUT2D eigenvalue weighted by atomic mass is 10.1. The third kappa shape index (κ3) is 3.27. The van der Waals surface area contributed by atoms with Crippen LogP contribution in [0, 0.1) is 4.91 Å². The van der Waals surface area contributed by atoms with E-state index >= 15 is 0 Å². The first kappa shape index (κ1) is 9.76. The first-order valence-electron chi connectivity index (χ1n) is 3.50. The third-order valence-electron chi connectivity index (χ3n) is 1.45. The first-order chi connectivity index (χ1) is 6.01. The minimum atomic E-state index is -4.66. The van der Waals surface area contributed by atoms with Crippen LogP contribution in [0.2, 0.25) is 0 Å². The number of nitrogens with zero attached hydrogens (tertiary/aromatic N) is 1. The Morgan fingerprint density at radius 2 is 2.00 bits per heavy atom. The van der Waals surface area contributed by atoms with Crippen molar-refractivity contribution in [1.29, 1.82) is 0 Å². The second-order valence-electron chi connectivity index (χ2n) is 2.43. The largest absolute Gasteiger partial charge is 0.572 e. The third-order valence-corrected chi connectivity index (χ3v) is 1.45. The molecular weight excluding hydrogens is 187 g/mol. The lowest BCUT2D eigenvalue weighted by Gasteiger charge is -2.13. The van der Waals surface area contributed by atoms with E-state index in [0.29, 0.717) is 0 Å². The quantitative estimate of drug-likeness (QED) is 0.632. The molecule has 0 aliphatic heterocycles. The highest BCUT2D eigenvalue weighted by Crippen LogP contribution is 2.27. The fraction of sp³-hybridized carbons (Fsp3) is 0.429. The zero-order valence-electron chi connectivity index (χ0n) is 6.47. The first-order valence-corrected chi connectivity index (χ1v) is 3.50. The van der Waals surface area contributed by atoms with E-state index < -0.39 is 6.36 Å². The highest BCUT2D eigenvalue weighted by molar-refractivity contribution is 5.20. The SMILES string of the molecule is O=NC1=CC=C(OC(F)(F)F)CC1. The standard InChI is InChI=1S/C7H6F3NO2/c8-7(9,10)13-6-3-1-5(11-12)2-4-6/h1,3H,2,4H2. The van der Waals surface area contributed by atoms with Crippen molar-refractivity contribution in [2.24, 2.45) is 5.18 Å². The topological polar surface area (TPSA) is 38.7 Å². The van der Waals surface area contributed by atoms with Gasteiger partial charge in [-0.2, -0.15) is 0 Å². The van der Waals surface area contributed by atoms with E-state index in [4.69, 9.17) is 0 Å². The van der Waals surface area contributed by atoms with E-state index in [1.807, 2.05) is 0 Å². The van der Waals surface area contributed by atoms with E-state index in [0.717, 1.165) is 6.08 Å². The van der Waals surface area contributed by atoms with E-state index in [1.54, 1.807) is 0 Å². The molecule has 3 nitrogen and oxygen atoms in total. The molecule has 0 N–H and O–H groups in total. The van der Waals surface area contributed by atoms with E-state index in [2.05, 4.69) is 9.91 Å². The predicted molar refractivity (Wildman–Crippen MR) is 38.3 cm³/mol. The van der Waals surface area contributed by atoms with Crippen molar-refractivity contribution >= 4 is 0 Å². The Balaban J connectivity index is 2.60. The second kappa shape index (κ2) is 3.59. The molecule has 0 fully saturated rings. The number of ether oxygens (including phenoxy) is 1. The van der Waals surface area contributed by atoms with Crippen LogP contribution >= 0.6 is 0 Å². The summed E-state index contributed by atoms with van der Waals surface area (Å²) < 4.78 is 38.6. The normalized spacial score (nSPS) is 17.5. The van der Waals surface area contributed by atoms with Gasteiger partial charge in [-0.3, -0.25) is 0 Å². The maximum absolute atomic E-state index is 11.7. The number of hydrogen-bond acceptors (Lipinski definition) is 3. The van der Waals surface area contributed by atoms with Gasteiger partial charge >= 0.3 is 6.36 Å². The van der Waals surface area contributed by atoms with Crippen LogP contribution in [0.25, 0.3) is 0 Å². The number of allylic oxidation sites excluding steroid dienone is 4. The Hall–Kier alpha value is -1.33. The van der Waals surface area contributed by atoms with Gasteiger partial charge in [0.2, 0.25) is 0 Å². The number of alkyl halides is 3. The van der Waals surface area contributed by atoms with Gasteiger partial charge < -0.3 is 4.74 Å². The van der Waals surface area contributed by atoms with Crippen molar-refractivity contribution < 1.29 is 17.9 Å². The Labute approximate surface area is 71.8 Å². The number of rotatable bonds is 2. The average Bonchev–Trinajstić information content (AvgIpc) is 2.03. The van der Waals surface area contributed by atoms with E-state index in [1.165, 1.54) is 6.08 Å². The lowest BCUT2D eigenvalue weighted by molar-refractivity contribution is -0.306. The smallest absolute Gasteiger partial charge is 0.410 e. The highest BCUT2D eigenvalue weighted by Gasteiger charge is 2.32. The summed E-state index contributed by atoms with van der Waals surface area (Å²) in [6, 6.07) is 0. The van der Waals surface area contributed by atoms with E-state index in [-0.39, 0.29) is 24.3 Å². The summed E-state index contributed by atoms with van der Waals surface area (Å²) in [5, 5.41) is 2.61. The van der Waals surface area contributed by atoms with Gasteiger partial charge in [0, 0.05) is 12.8 Å². The number of halogens is 3. The zero-order valence-corrected chi connectivity index (χ0v) is 6.47. The minimum Gasteiger partial charge on any atom is -0.410 e. The summed E-state index contributed by atoms with van der Waals surface area (Å²) in [5.41, 5.74) is 0.231. The molecule has 0 unspecified atom stereocenters. The van der Waals surface area contributed by atoms with Crippen LogP contribution in [0.3, 0.4) is 0 Å². The Kier molecular flexibility index (Phi) is 2.69. The molecule has 72 valence electrons. The maximum Gasteiger partial charge on any atom is 0.572 e. The molecule has 0 aromatic rings. The molecule has 13 heavy (non-hydrogen) atoms. The van der Waals surface area contributed by atoms with Gasteiger partial charge in [-0.1, -0.05) is 0 Å². The second-order valence-corrected chi connectivity index (χ2v) is 2.43. The summed E-state index contributed by atoms with van der Waals surface area (Å²) in [7, 11) is 0. The van der Waals surface area contributed by atoms with Crippen molar-refractivity contribution in [3.63, 3.8) is 0 Å². The molecule has 6 heteroatoms. The van der Waals surface area contributed by atoms with Gasteiger partial charge in [-0.25, -0.2) is 0 Å². The lowest BCUT2D eigenvalue weighted by Crippen LogP contribution is -2.13. The predicted octanol–water partition coefficient (Wildman–Crippen LogP) is 2.85. The fourth-order valence-electron chi connectivity index (χ4n) is 0.917. The molecule has 0 bridgehead atoms. The van der Waals surface area contributed by atoms with Gasteiger partial charge in [0.1, 0.15) is 5.76 Å².